The zero-order valence-electron chi connectivity index (χ0n) is 14.8. The molecule has 1 aromatic heterocycles. The summed E-state index contributed by atoms with van der Waals surface area (Å²) in [5, 5.41) is 19.0. The summed E-state index contributed by atoms with van der Waals surface area (Å²) in [4.78, 5) is 26.2. The molecule has 3 atom stereocenters. The van der Waals surface area contributed by atoms with Crippen molar-refractivity contribution >= 4 is 0 Å². The summed E-state index contributed by atoms with van der Waals surface area (Å²) in [5.74, 6) is 5.77. The average Bonchev–Trinajstić information content (AvgIpc) is 3.04. The van der Waals surface area contributed by atoms with Crippen LogP contribution < -0.4 is 11.2 Å². The van der Waals surface area contributed by atoms with E-state index < -0.39 is 29.7 Å². The van der Waals surface area contributed by atoms with Gasteiger partial charge in [-0.05, 0) is 18.4 Å². The first kappa shape index (κ1) is 19.1. The first-order valence-corrected chi connectivity index (χ1v) is 8.91. The molecular weight excluding hydrogens is 348 g/mol. The lowest BCUT2D eigenvalue weighted by Gasteiger charge is -2.14. The van der Waals surface area contributed by atoms with Crippen molar-refractivity contribution in [2.75, 3.05) is 6.61 Å². The van der Waals surface area contributed by atoms with E-state index in [9.17, 15) is 14.7 Å². The monoisotopic (exact) mass is 370 g/mol. The van der Waals surface area contributed by atoms with Crippen molar-refractivity contribution in [2.24, 2.45) is 0 Å². The van der Waals surface area contributed by atoms with Gasteiger partial charge in [-0.2, -0.15) is 0 Å². The van der Waals surface area contributed by atoms with Crippen LogP contribution in [0.3, 0.4) is 0 Å². The van der Waals surface area contributed by atoms with Gasteiger partial charge >= 0.3 is 5.69 Å². The molecule has 0 amide bonds. The van der Waals surface area contributed by atoms with E-state index in [-0.39, 0.29) is 18.6 Å². The van der Waals surface area contributed by atoms with Gasteiger partial charge in [-0.1, -0.05) is 42.2 Å². The average molecular weight is 370 g/mol. The summed E-state index contributed by atoms with van der Waals surface area (Å²) in [6.07, 6.45) is 1.53. The molecule has 1 aromatic carbocycles. The highest BCUT2D eigenvalue weighted by Gasteiger charge is 2.35. The highest BCUT2D eigenvalue weighted by atomic mass is 16.5. The Morgan fingerprint density at radius 1 is 1.26 bits per heavy atom. The largest absolute Gasteiger partial charge is 0.394 e. The van der Waals surface area contributed by atoms with Crippen LogP contribution in [0.5, 0.6) is 0 Å². The van der Waals surface area contributed by atoms with Crippen molar-refractivity contribution in [3.63, 3.8) is 0 Å². The quantitative estimate of drug-likeness (QED) is 0.527. The van der Waals surface area contributed by atoms with E-state index in [1.165, 1.54) is 16.3 Å². The Balaban J connectivity index is 1.68. The molecule has 0 aliphatic carbocycles. The van der Waals surface area contributed by atoms with E-state index in [4.69, 9.17) is 9.84 Å². The Morgan fingerprint density at radius 3 is 2.74 bits per heavy atom. The Kier molecular flexibility index (Phi) is 6.24. The van der Waals surface area contributed by atoms with Crippen LogP contribution in [0.2, 0.25) is 0 Å². The van der Waals surface area contributed by atoms with Crippen molar-refractivity contribution in [1.82, 2.24) is 9.55 Å². The number of nitrogens with zero attached hydrogens (tertiary/aromatic N) is 1. The lowest BCUT2D eigenvalue weighted by molar-refractivity contribution is -0.0459. The summed E-state index contributed by atoms with van der Waals surface area (Å²) in [6, 6.07) is 10.1. The fraction of sp³-hybridized carbons (Fsp3) is 0.400. The number of benzene rings is 1. The maximum Gasteiger partial charge on any atom is 0.330 e. The molecule has 1 fully saturated rings. The first-order chi connectivity index (χ1) is 13.1. The van der Waals surface area contributed by atoms with Crippen LogP contribution in [-0.4, -0.2) is 38.6 Å². The number of aryl methyl sites for hydroxylation is 1. The van der Waals surface area contributed by atoms with Gasteiger partial charge in [0.05, 0.1) is 12.7 Å². The number of aliphatic hydroxyl groups excluding tert-OH is 2. The van der Waals surface area contributed by atoms with Crippen LogP contribution in [0.1, 0.15) is 36.6 Å². The van der Waals surface area contributed by atoms with Gasteiger partial charge < -0.3 is 14.9 Å². The Labute approximate surface area is 156 Å². The zero-order chi connectivity index (χ0) is 19.2. The third-order valence-corrected chi connectivity index (χ3v) is 4.50. The second kappa shape index (κ2) is 8.82. The molecule has 1 aliphatic heterocycles. The van der Waals surface area contributed by atoms with Crippen molar-refractivity contribution in [1.29, 1.82) is 0 Å². The smallest absolute Gasteiger partial charge is 0.330 e. The van der Waals surface area contributed by atoms with Crippen molar-refractivity contribution in [2.45, 2.75) is 44.1 Å². The number of H-pyrrole nitrogens is 1. The predicted molar refractivity (Wildman–Crippen MR) is 99.2 cm³/mol. The third kappa shape index (κ3) is 4.74. The minimum atomic E-state index is -0.869. The lowest BCUT2D eigenvalue weighted by atomic mass is 10.1. The van der Waals surface area contributed by atoms with Gasteiger partial charge in [0.15, 0.2) is 0 Å². The lowest BCUT2D eigenvalue weighted by Crippen LogP contribution is -2.33. The Bertz CT molecular complexity index is 939. The number of aromatic amines is 1. The van der Waals surface area contributed by atoms with Crippen LogP contribution in [-0.2, 0) is 11.2 Å². The Morgan fingerprint density at radius 2 is 2.04 bits per heavy atom. The maximum absolute atomic E-state index is 12.0. The van der Waals surface area contributed by atoms with E-state index >= 15 is 0 Å². The molecule has 142 valence electrons. The van der Waals surface area contributed by atoms with Gasteiger partial charge in [0.25, 0.3) is 5.56 Å². The number of unbranched alkanes of at least 4 members (excludes halogenated alkanes) is 1. The van der Waals surface area contributed by atoms with Crippen LogP contribution in [0.15, 0.2) is 46.1 Å². The van der Waals surface area contributed by atoms with E-state index in [0.29, 0.717) is 6.42 Å². The molecular formula is C20H22N2O5. The van der Waals surface area contributed by atoms with Crippen LogP contribution >= 0.6 is 0 Å². The maximum atomic E-state index is 12.0. The molecule has 27 heavy (non-hydrogen) atoms. The standard InChI is InChI=1S/C20H22N2O5/c23-13-17-16(24)11-18(27-17)22-12-15(19(25)21-20(22)26)10-6-2-5-9-14-7-3-1-4-8-14/h1,3-4,7-8,12,16-18,23-24H,2,5,9,11,13H2,(H,21,25,26)/t16-,17+,18+/m0/s1. The summed E-state index contributed by atoms with van der Waals surface area (Å²) in [7, 11) is 0. The summed E-state index contributed by atoms with van der Waals surface area (Å²) in [6.45, 7) is -0.343. The van der Waals surface area contributed by atoms with Gasteiger partial charge in [-0.25, -0.2) is 4.79 Å². The van der Waals surface area contributed by atoms with Crippen LogP contribution in [0.4, 0.5) is 0 Å². The van der Waals surface area contributed by atoms with Gasteiger partial charge in [0, 0.05) is 19.0 Å². The summed E-state index contributed by atoms with van der Waals surface area (Å²) < 4.78 is 6.67. The van der Waals surface area contributed by atoms with E-state index in [0.717, 1.165) is 12.8 Å². The molecule has 1 aliphatic rings. The molecule has 0 spiro atoms. The van der Waals surface area contributed by atoms with Gasteiger partial charge in [-0.3, -0.25) is 14.3 Å². The molecule has 0 bridgehead atoms. The third-order valence-electron chi connectivity index (χ3n) is 4.50. The number of hydrogen-bond donors (Lipinski definition) is 3. The Hall–Kier alpha value is -2.66. The zero-order valence-corrected chi connectivity index (χ0v) is 14.8. The molecule has 1 saturated heterocycles. The number of aromatic nitrogens is 2. The summed E-state index contributed by atoms with van der Waals surface area (Å²) in [5.41, 5.74) is 0.218. The van der Waals surface area contributed by atoms with Crippen LogP contribution in [0.25, 0.3) is 0 Å². The second-order valence-electron chi connectivity index (χ2n) is 6.47. The van der Waals surface area contributed by atoms with Gasteiger partial charge in [0.2, 0.25) is 0 Å². The van der Waals surface area contributed by atoms with Gasteiger partial charge in [0.1, 0.15) is 17.9 Å². The normalized spacial score (nSPS) is 21.6. The molecule has 0 saturated carbocycles. The van der Waals surface area contributed by atoms with E-state index in [1.807, 2.05) is 18.2 Å². The highest BCUT2D eigenvalue weighted by molar-refractivity contribution is 5.29. The SMILES string of the molecule is O=c1[nH]c(=O)n([C@H]2C[C@H](O)[C@@H](CO)O2)cc1C#CCCCc1ccccc1. The molecule has 7 nitrogen and oxygen atoms in total. The number of nitrogens with one attached hydrogen (secondary N) is 1. The number of ether oxygens (including phenoxy) is 1. The minimum absolute atomic E-state index is 0.154. The molecule has 0 unspecified atom stereocenters. The number of rotatable bonds is 5. The highest BCUT2D eigenvalue weighted by Crippen LogP contribution is 2.27. The molecule has 0 radical (unpaired) electrons. The van der Waals surface area contributed by atoms with Gasteiger partial charge in [-0.15, -0.1) is 0 Å². The first-order valence-electron chi connectivity index (χ1n) is 8.91. The summed E-state index contributed by atoms with van der Waals surface area (Å²) >= 11 is 0. The molecule has 7 heteroatoms. The fourth-order valence-electron chi connectivity index (χ4n) is 3.02. The number of hydrogen-bond acceptors (Lipinski definition) is 5. The van der Waals surface area contributed by atoms with E-state index in [1.54, 1.807) is 0 Å². The van der Waals surface area contributed by atoms with Crippen molar-refractivity contribution < 1.29 is 14.9 Å². The molecule has 2 aromatic rings. The van der Waals surface area contributed by atoms with Crippen LogP contribution in [0, 0.1) is 11.8 Å². The predicted octanol–water partition coefficient (Wildman–Crippen LogP) is 0.552. The minimum Gasteiger partial charge on any atom is -0.394 e. The topological polar surface area (TPSA) is 105 Å². The molecule has 3 rings (SSSR count). The fourth-order valence-corrected chi connectivity index (χ4v) is 3.02. The molecule has 3 N–H and O–H groups in total. The number of aliphatic hydroxyl groups is 2. The van der Waals surface area contributed by atoms with Crippen molar-refractivity contribution in [3.8, 4) is 11.8 Å². The van der Waals surface area contributed by atoms with Crippen molar-refractivity contribution in [3.05, 3.63) is 68.5 Å². The van der Waals surface area contributed by atoms with E-state index in [2.05, 4.69) is 29.0 Å². The second-order valence-corrected chi connectivity index (χ2v) is 6.47. The molecule has 2 heterocycles.